The third-order valence-electron chi connectivity index (χ3n) is 4.97. The van der Waals surface area contributed by atoms with Crippen LogP contribution in [0.5, 0.6) is 0 Å². The Bertz CT molecular complexity index is 442. The van der Waals surface area contributed by atoms with Crippen molar-refractivity contribution in [1.82, 2.24) is 10.2 Å². The highest BCUT2D eigenvalue weighted by molar-refractivity contribution is 5.18. The van der Waals surface area contributed by atoms with Crippen molar-refractivity contribution in [2.75, 3.05) is 39.5 Å². The van der Waals surface area contributed by atoms with Gasteiger partial charge in [-0.05, 0) is 18.9 Å². The van der Waals surface area contributed by atoms with E-state index in [0.29, 0.717) is 25.3 Å². The molecule has 2 unspecified atom stereocenters. The first-order chi connectivity index (χ1) is 10.2. The van der Waals surface area contributed by atoms with Gasteiger partial charge in [0.15, 0.2) is 0 Å². The van der Waals surface area contributed by atoms with E-state index in [-0.39, 0.29) is 12.0 Å². The lowest BCUT2D eigenvalue weighted by molar-refractivity contribution is -0.135. The molecule has 0 aromatic heterocycles. The van der Waals surface area contributed by atoms with Crippen LogP contribution in [0, 0.1) is 5.41 Å². The maximum Gasteiger partial charge on any atom is 0.0579 e. The molecule has 1 aromatic rings. The summed E-state index contributed by atoms with van der Waals surface area (Å²) in [5.74, 6) is 0. The van der Waals surface area contributed by atoms with E-state index in [4.69, 9.17) is 4.74 Å². The van der Waals surface area contributed by atoms with Gasteiger partial charge in [-0.2, -0.15) is 0 Å². The van der Waals surface area contributed by atoms with Gasteiger partial charge < -0.3 is 15.2 Å². The van der Waals surface area contributed by atoms with Crippen LogP contribution in [0.4, 0.5) is 0 Å². The molecule has 0 bridgehead atoms. The Morgan fingerprint density at radius 3 is 2.76 bits per heavy atom. The van der Waals surface area contributed by atoms with E-state index in [2.05, 4.69) is 47.5 Å². The minimum atomic E-state index is -0.0293. The van der Waals surface area contributed by atoms with Crippen molar-refractivity contribution in [3.8, 4) is 0 Å². The SMILES string of the molecule is CC(c1ccccc1)N1CCC(NCC2(CO)COC2)C1. The van der Waals surface area contributed by atoms with Crippen molar-refractivity contribution in [3.05, 3.63) is 35.9 Å². The maximum atomic E-state index is 9.47. The monoisotopic (exact) mass is 290 g/mol. The molecule has 2 N–H and O–H groups in total. The second-order valence-corrected chi connectivity index (χ2v) is 6.60. The minimum Gasteiger partial charge on any atom is -0.396 e. The molecule has 0 amide bonds. The van der Waals surface area contributed by atoms with Gasteiger partial charge in [-0.15, -0.1) is 0 Å². The molecule has 116 valence electrons. The molecular weight excluding hydrogens is 264 g/mol. The van der Waals surface area contributed by atoms with Gasteiger partial charge >= 0.3 is 0 Å². The second-order valence-electron chi connectivity index (χ2n) is 6.60. The van der Waals surface area contributed by atoms with E-state index in [1.54, 1.807) is 0 Å². The summed E-state index contributed by atoms with van der Waals surface area (Å²) in [7, 11) is 0. The molecule has 0 saturated carbocycles. The van der Waals surface area contributed by atoms with Gasteiger partial charge in [0.1, 0.15) is 0 Å². The molecule has 2 aliphatic rings. The van der Waals surface area contributed by atoms with Crippen molar-refractivity contribution in [2.24, 2.45) is 5.41 Å². The van der Waals surface area contributed by atoms with Crippen LogP contribution in [0.2, 0.25) is 0 Å². The van der Waals surface area contributed by atoms with Gasteiger partial charge in [-0.1, -0.05) is 30.3 Å². The van der Waals surface area contributed by atoms with Gasteiger partial charge in [0.2, 0.25) is 0 Å². The van der Waals surface area contributed by atoms with E-state index in [1.165, 1.54) is 12.0 Å². The number of aliphatic hydroxyl groups excluding tert-OH is 1. The Kier molecular flexibility index (Phi) is 4.60. The Morgan fingerprint density at radius 1 is 1.38 bits per heavy atom. The number of aliphatic hydroxyl groups is 1. The van der Waals surface area contributed by atoms with E-state index in [0.717, 1.165) is 19.6 Å². The van der Waals surface area contributed by atoms with Crippen LogP contribution in [0.25, 0.3) is 0 Å². The highest BCUT2D eigenvalue weighted by Crippen LogP contribution is 2.28. The van der Waals surface area contributed by atoms with Crippen LogP contribution >= 0.6 is 0 Å². The number of likely N-dealkylation sites (tertiary alicyclic amines) is 1. The molecule has 2 saturated heterocycles. The van der Waals surface area contributed by atoms with Crippen molar-refractivity contribution >= 4 is 0 Å². The topological polar surface area (TPSA) is 44.7 Å². The summed E-state index contributed by atoms with van der Waals surface area (Å²) in [6, 6.07) is 11.7. The zero-order chi connectivity index (χ0) is 14.7. The van der Waals surface area contributed by atoms with Gasteiger partial charge in [-0.25, -0.2) is 0 Å². The fraction of sp³-hybridized carbons (Fsp3) is 0.647. The average molecular weight is 290 g/mol. The molecule has 2 fully saturated rings. The Hall–Kier alpha value is -0.940. The van der Waals surface area contributed by atoms with Gasteiger partial charge in [0, 0.05) is 31.7 Å². The predicted octanol–water partition coefficient (Wildman–Crippen LogP) is 1.42. The third-order valence-corrected chi connectivity index (χ3v) is 4.97. The number of benzene rings is 1. The van der Waals surface area contributed by atoms with E-state index < -0.39 is 0 Å². The van der Waals surface area contributed by atoms with Crippen LogP contribution in [0.15, 0.2) is 30.3 Å². The maximum absolute atomic E-state index is 9.47. The average Bonchev–Trinajstić information content (AvgIpc) is 2.96. The van der Waals surface area contributed by atoms with Gasteiger partial charge in [0.25, 0.3) is 0 Å². The number of hydrogen-bond donors (Lipinski definition) is 2. The van der Waals surface area contributed by atoms with Crippen LogP contribution in [-0.4, -0.2) is 55.5 Å². The lowest BCUT2D eigenvalue weighted by Gasteiger charge is -2.40. The highest BCUT2D eigenvalue weighted by Gasteiger charge is 2.39. The lowest BCUT2D eigenvalue weighted by Crippen LogP contribution is -2.54. The van der Waals surface area contributed by atoms with E-state index in [9.17, 15) is 5.11 Å². The summed E-state index contributed by atoms with van der Waals surface area (Å²) < 4.78 is 5.25. The molecule has 0 spiro atoms. The van der Waals surface area contributed by atoms with Crippen LogP contribution in [0.3, 0.4) is 0 Å². The molecule has 2 atom stereocenters. The van der Waals surface area contributed by atoms with Gasteiger partial charge in [-0.3, -0.25) is 4.90 Å². The van der Waals surface area contributed by atoms with Gasteiger partial charge in [0.05, 0.1) is 25.2 Å². The summed E-state index contributed by atoms with van der Waals surface area (Å²) in [5, 5.41) is 13.1. The molecule has 21 heavy (non-hydrogen) atoms. The summed E-state index contributed by atoms with van der Waals surface area (Å²) in [6.07, 6.45) is 1.18. The Labute approximate surface area is 127 Å². The zero-order valence-electron chi connectivity index (χ0n) is 12.8. The smallest absolute Gasteiger partial charge is 0.0579 e. The molecule has 4 nitrogen and oxygen atoms in total. The first-order valence-corrected chi connectivity index (χ1v) is 7.93. The van der Waals surface area contributed by atoms with Crippen molar-refractivity contribution in [2.45, 2.75) is 25.4 Å². The lowest BCUT2D eigenvalue weighted by atomic mass is 9.87. The standard InChI is InChI=1S/C17H26N2O2/c1-14(15-5-3-2-4-6-15)19-8-7-16(9-19)18-10-17(11-20)12-21-13-17/h2-6,14,16,18,20H,7-13H2,1H3. The quantitative estimate of drug-likeness (QED) is 0.832. The third kappa shape index (κ3) is 3.29. The molecule has 2 heterocycles. The van der Waals surface area contributed by atoms with Crippen LogP contribution in [-0.2, 0) is 4.74 Å². The number of ether oxygens (including phenoxy) is 1. The Balaban J connectivity index is 1.49. The number of nitrogens with zero attached hydrogens (tertiary/aromatic N) is 1. The van der Waals surface area contributed by atoms with Crippen molar-refractivity contribution in [1.29, 1.82) is 0 Å². The molecule has 2 aliphatic heterocycles. The van der Waals surface area contributed by atoms with E-state index >= 15 is 0 Å². The molecular formula is C17H26N2O2. The van der Waals surface area contributed by atoms with Crippen LogP contribution < -0.4 is 5.32 Å². The highest BCUT2D eigenvalue weighted by atomic mass is 16.5. The summed E-state index contributed by atoms with van der Waals surface area (Å²) >= 11 is 0. The first kappa shape index (κ1) is 15.0. The largest absolute Gasteiger partial charge is 0.396 e. The number of rotatable bonds is 6. The fourth-order valence-corrected chi connectivity index (χ4v) is 3.25. The minimum absolute atomic E-state index is 0.0293. The summed E-state index contributed by atoms with van der Waals surface area (Å²) in [4.78, 5) is 2.54. The van der Waals surface area contributed by atoms with E-state index in [1.807, 2.05) is 0 Å². The molecule has 1 aromatic carbocycles. The number of nitrogens with one attached hydrogen (secondary N) is 1. The second kappa shape index (κ2) is 6.44. The summed E-state index contributed by atoms with van der Waals surface area (Å²) in [5.41, 5.74) is 1.36. The molecule has 0 aliphatic carbocycles. The Morgan fingerprint density at radius 2 is 2.14 bits per heavy atom. The van der Waals surface area contributed by atoms with Crippen molar-refractivity contribution < 1.29 is 9.84 Å². The molecule has 3 rings (SSSR count). The molecule has 0 radical (unpaired) electrons. The summed E-state index contributed by atoms with van der Waals surface area (Å²) in [6.45, 7) is 6.96. The molecule has 4 heteroatoms. The van der Waals surface area contributed by atoms with Crippen molar-refractivity contribution in [3.63, 3.8) is 0 Å². The zero-order valence-corrected chi connectivity index (χ0v) is 12.8. The predicted molar refractivity (Wildman–Crippen MR) is 83.2 cm³/mol. The first-order valence-electron chi connectivity index (χ1n) is 7.93. The normalized spacial score (nSPS) is 26.5. The number of hydrogen-bond acceptors (Lipinski definition) is 4. The van der Waals surface area contributed by atoms with Crippen LogP contribution in [0.1, 0.15) is 24.9 Å². The fourth-order valence-electron chi connectivity index (χ4n) is 3.25.